The Balaban J connectivity index is 1.65. The maximum absolute atomic E-state index is 11.5. The van der Waals surface area contributed by atoms with E-state index in [-0.39, 0.29) is 11.9 Å². The molecule has 1 amide bonds. The Morgan fingerprint density at radius 2 is 2.04 bits per heavy atom. The molecule has 1 N–H and O–H groups in total. The van der Waals surface area contributed by atoms with Gasteiger partial charge in [-0.2, -0.15) is 0 Å². The minimum Gasteiger partial charge on any atom is -0.352 e. The van der Waals surface area contributed by atoms with E-state index in [0.29, 0.717) is 5.92 Å². The molecule has 0 unspecified atom stereocenters. The highest BCUT2D eigenvalue weighted by atomic mass is 16.1. The lowest BCUT2D eigenvalue weighted by Gasteiger charge is -2.18. The number of carbonyl (C=O) groups is 1. The monoisotopic (exact) mass is 340 g/mol. The first kappa shape index (κ1) is 17.7. The molecule has 0 aliphatic carbocycles. The van der Waals surface area contributed by atoms with Crippen LogP contribution in [0.2, 0.25) is 0 Å². The summed E-state index contributed by atoms with van der Waals surface area (Å²) in [7, 11) is 0. The average molecular weight is 340 g/mol. The summed E-state index contributed by atoms with van der Waals surface area (Å²) in [6.07, 6.45) is 6.18. The highest BCUT2D eigenvalue weighted by Crippen LogP contribution is 2.23. The molecule has 2 atom stereocenters. The fraction of sp³-hybridized carbons (Fsp3) is 0.500. The molecule has 134 valence electrons. The molecule has 0 radical (unpaired) electrons. The van der Waals surface area contributed by atoms with Crippen LogP contribution in [-0.4, -0.2) is 39.5 Å². The molecule has 0 bridgehead atoms. The van der Waals surface area contributed by atoms with Gasteiger partial charge in [-0.25, -0.2) is 4.98 Å². The van der Waals surface area contributed by atoms with Crippen molar-refractivity contribution in [1.29, 1.82) is 0 Å². The second-order valence-electron chi connectivity index (χ2n) is 7.05. The van der Waals surface area contributed by atoms with E-state index in [4.69, 9.17) is 0 Å². The van der Waals surface area contributed by atoms with Gasteiger partial charge in [0.15, 0.2) is 0 Å². The minimum atomic E-state index is 0.0714. The standard InChI is InChI=1S/C20H28N4O/c1-3-7-18-12-23(14-20(18)22-16(2)25)13-19-10-21-15-24(19)11-17-8-5-4-6-9-17/h4-6,8-10,15,18,20H,3,7,11-14H2,1-2H3,(H,22,25)/t18-,20-/m1/s1. The highest BCUT2D eigenvalue weighted by Gasteiger charge is 2.32. The number of likely N-dealkylation sites (tertiary alicyclic amines) is 1. The van der Waals surface area contributed by atoms with Crippen molar-refractivity contribution in [1.82, 2.24) is 19.8 Å². The van der Waals surface area contributed by atoms with E-state index in [9.17, 15) is 4.79 Å². The van der Waals surface area contributed by atoms with E-state index in [1.54, 1.807) is 6.92 Å². The Bertz CT molecular complexity index is 682. The quantitative estimate of drug-likeness (QED) is 0.843. The van der Waals surface area contributed by atoms with Gasteiger partial charge in [-0.05, 0) is 17.9 Å². The van der Waals surface area contributed by atoms with Crippen molar-refractivity contribution in [3.05, 3.63) is 54.1 Å². The number of benzene rings is 1. The van der Waals surface area contributed by atoms with Gasteiger partial charge in [0, 0.05) is 45.3 Å². The van der Waals surface area contributed by atoms with Crippen LogP contribution >= 0.6 is 0 Å². The Morgan fingerprint density at radius 3 is 2.76 bits per heavy atom. The average Bonchev–Trinajstić information content (AvgIpc) is 3.16. The smallest absolute Gasteiger partial charge is 0.217 e. The fourth-order valence-electron chi connectivity index (χ4n) is 3.81. The molecule has 5 nitrogen and oxygen atoms in total. The van der Waals surface area contributed by atoms with Crippen LogP contribution in [0.4, 0.5) is 0 Å². The first-order valence-electron chi connectivity index (χ1n) is 9.18. The molecule has 3 rings (SSSR count). The second kappa shape index (κ2) is 8.30. The third-order valence-corrected chi connectivity index (χ3v) is 4.94. The summed E-state index contributed by atoms with van der Waals surface area (Å²) in [5.41, 5.74) is 2.51. The zero-order valence-electron chi connectivity index (χ0n) is 15.2. The molecule has 2 aromatic rings. The largest absolute Gasteiger partial charge is 0.352 e. The lowest BCUT2D eigenvalue weighted by atomic mass is 9.98. The number of imidazole rings is 1. The third kappa shape index (κ3) is 4.69. The summed E-state index contributed by atoms with van der Waals surface area (Å²) in [4.78, 5) is 18.3. The van der Waals surface area contributed by atoms with Crippen molar-refractivity contribution in [2.45, 2.75) is 45.8 Å². The van der Waals surface area contributed by atoms with Gasteiger partial charge in [0.1, 0.15) is 0 Å². The van der Waals surface area contributed by atoms with Crippen LogP contribution in [0.15, 0.2) is 42.9 Å². The Labute approximate surface area is 150 Å². The maximum Gasteiger partial charge on any atom is 0.217 e. The normalized spacial score (nSPS) is 20.7. The molecule has 1 aliphatic rings. The molecule has 1 aromatic carbocycles. The predicted octanol–water partition coefficient (Wildman–Crippen LogP) is 2.67. The van der Waals surface area contributed by atoms with Gasteiger partial charge >= 0.3 is 0 Å². The van der Waals surface area contributed by atoms with E-state index in [0.717, 1.165) is 39.0 Å². The lowest BCUT2D eigenvalue weighted by Crippen LogP contribution is -2.39. The number of amides is 1. The van der Waals surface area contributed by atoms with E-state index in [1.165, 1.54) is 11.3 Å². The third-order valence-electron chi connectivity index (χ3n) is 4.94. The first-order chi connectivity index (χ1) is 12.2. The zero-order valence-corrected chi connectivity index (χ0v) is 15.2. The van der Waals surface area contributed by atoms with E-state index in [2.05, 4.69) is 51.0 Å². The van der Waals surface area contributed by atoms with Crippen molar-refractivity contribution in [2.75, 3.05) is 13.1 Å². The fourth-order valence-corrected chi connectivity index (χ4v) is 3.81. The summed E-state index contributed by atoms with van der Waals surface area (Å²) in [5, 5.41) is 3.14. The summed E-state index contributed by atoms with van der Waals surface area (Å²) >= 11 is 0. The van der Waals surface area contributed by atoms with Crippen molar-refractivity contribution in [3.63, 3.8) is 0 Å². The Kier molecular flexibility index (Phi) is 5.87. The lowest BCUT2D eigenvalue weighted by molar-refractivity contribution is -0.119. The molecule has 5 heteroatoms. The number of hydrogen-bond acceptors (Lipinski definition) is 3. The number of nitrogens with zero attached hydrogens (tertiary/aromatic N) is 3. The van der Waals surface area contributed by atoms with E-state index < -0.39 is 0 Å². The molecule has 1 saturated heterocycles. The summed E-state index contributed by atoms with van der Waals surface area (Å²) in [5.74, 6) is 0.612. The van der Waals surface area contributed by atoms with Gasteiger partial charge < -0.3 is 9.88 Å². The molecular formula is C20H28N4O. The van der Waals surface area contributed by atoms with Crippen LogP contribution in [0, 0.1) is 5.92 Å². The number of carbonyl (C=O) groups excluding carboxylic acids is 1. The van der Waals surface area contributed by atoms with Crippen LogP contribution in [-0.2, 0) is 17.9 Å². The van der Waals surface area contributed by atoms with Crippen LogP contribution in [0.5, 0.6) is 0 Å². The molecule has 1 fully saturated rings. The molecule has 0 saturated carbocycles. The number of nitrogens with one attached hydrogen (secondary N) is 1. The van der Waals surface area contributed by atoms with Crippen molar-refractivity contribution in [2.24, 2.45) is 5.92 Å². The van der Waals surface area contributed by atoms with Gasteiger partial charge in [-0.3, -0.25) is 9.69 Å². The maximum atomic E-state index is 11.5. The first-order valence-corrected chi connectivity index (χ1v) is 9.18. The summed E-state index contributed by atoms with van der Waals surface area (Å²) in [6, 6.07) is 10.7. The van der Waals surface area contributed by atoms with Gasteiger partial charge in [0.25, 0.3) is 0 Å². The molecule has 1 aliphatic heterocycles. The van der Waals surface area contributed by atoms with E-state index in [1.807, 2.05) is 18.6 Å². The van der Waals surface area contributed by atoms with Gasteiger partial charge in [0.05, 0.1) is 12.0 Å². The summed E-state index contributed by atoms with van der Waals surface area (Å²) < 4.78 is 2.22. The summed E-state index contributed by atoms with van der Waals surface area (Å²) in [6.45, 7) is 7.50. The van der Waals surface area contributed by atoms with Crippen molar-refractivity contribution >= 4 is 5.91 Å². The Morgan fingerprint density at radius 1 is 1.24 bits per heavy atom. The van der Waals surface area contributed by atoms with Crippen LogP contribution < -0.4 is 5.32 Å². The number of rotatable bonds is 7. The molecule has 1 aromatic heterocycles. The topological polar surface area (TPSA) is 50.2 Å². The second-order valence-corrected chi connectivity index (χ2v) is 7.05. The van der Waals surface area contributed by atoms with Crippen molar-refractivity contribution < 1.29 is 4.79 Å². The molecule has 2 heterocycles. The van der Waals surface area contributed by atoms with Crippen molar-refractivity contribution in [3.8, 4) is 0 Å². The van der Waals surface area contributed by atoms with Gasteiger partial charge in [-0.15, -0.1) is 0 Å². The van der Waals surface area contributed by atoms with Crippen LogP contribution in [0.3, 0.4) is 0 Å². The van der Waals surface area contributed by atoms with Crippen LogP contribution in [0.1, 0.15) is 37.9 Å². The molecular weight excluding hydrogens is 312 g/mol. The van der Waals surface area contributed by atoms with Gasteiger partial charge in [-0.1, -0.05) is 43.7 Å². The molecule has 0 spiro atoms. The highest BCUT2D eigenvalue weighted by molar-refractivity contribution is 5.73. The van der Waals surface area contributed by atoms with Gasteiger partial charge in [0.2, 0.25) is 5.91 Å². The SMILES string of the molecule is CCC[C@@H]1CN(Cc2cncn2Cc2ccccc2)C[C@H]1NC(C)=O. The van der Waals surface area contributed by atoms with Crippen LogP contribution in [0.25, 0.3) is 0 Å². The number of aromatic nitrogens is 2. The predicted molar refractivity (Wildman–Crippen MR) is 99.1 cm³/mol. The molecule has 25 heavy (non-hydrogen) atoms. The minimum absolute atomic E-state index is 0.0714. The number of hydrogen-bond donors (Lipinski definition) is 1. The van der Waals surface area contributed by atoms with E-state index >= 15 is 0 Å². The zero-order chi connectivity index (χ0) is 17.6. The Hall–Kier alpha value is -2.14.